The standard InChI is InChI=1S/C15H18N4O2S/c1-19-13(17-18-15(19)22)9-16-14(20)8-12-11-5-3-2-4-10(11)6-7-21-12/h2-5,12H,6-9H2,1H3,(H,16,20)(H,18,22)/t12-/m0/s1. The molecular weight excluding hydrogens is 300 g/mol. The first-order chi connectivity index (χ1) is 10.6. The first-order valence-corrected chi connectivity index (χ1v) is 7.62. The third-order valence-electron chi connectivity index (χ3n) is 3.88. The van der Waals surface area contributed by atoms with Crippen molar-refractivity contribution >= 4 is 18.1 Å². The number of benzene rings is 1. The number of ether oxygens (including phenoxy) is 1. The molecule has 0 spiro atoms. The quantitative estimate of drug-likeness (QED) is 0.843. The Labute approximate surface area is 133 Å². The van der Waals surface area contributed by atoms with Crippen LogP contribution < -0.4 is 5.32 Å². The Balaban J connectivity index is 1.61. The Bertz CT molecular complexity index is 737. The average Bonchev–Trinajstić information content (AvgIpc) is 2.85. The van der Waals surface area contributed by atoms with Crippen molar-refractivity contribution in [1.29, 1.82) is 0 Å². The molecular formula is C15H18N4O2S. The van der Waals surface area contributed by atoms with Gasteiger partial charge in [-0.25, -0.2) is 0 Å². The molecule has 1 aromatic carbocycles. The van der Waals surface area contributed by atoms with Crippen LogP contribution in [0.2, 0.25) is 0 Å². The molecule has 2 N–H and O–H groups in total. The van der Waals surface area contributed by atoms with E-state index in [0.29, 0.717) is 30.2 Å². The molecule has 2 aromatic rings. The van der Waals surface area contributed by atoms with Gasteiger partial charge in [-0.2, -0.15) is 5.10 Å². The SMILES string of the molecule is Cn1c(CNC(=O)C[C@@H]2OCCc3ccccc32)n[nH]c1=S. The first kappa shape index (κ1) is 14.9. The Hall–Kier alpha value is -1.99. The Morgan fingerprint density at radius 1 is 1.55 bits per heavy atom. The van der Waals surface area contributed by atoms with Crippen molar-refractivity contribution in [3.63, 3.8) is 0 Å². The van der Waals surface area contributed by atoms with Crippen molar-refractivity contribution in [2.45, 2.75) is 25.5 Å². The molecule has 0 unspecified atom stereocenters. The van der Waals surface area contributed by atoms with E-state index in [1.54, 1.807) is 4.57 Å². The molecule has 6 nitrogen and oxygen atoms in total. The molecule has 1 amide bonds. The van der Waals surface area contributed by atoms with E-state index in [4.69, 9.17) is 17.0 Å². The summed E-state index contributed by atoms with van der Waals surface area (Å²) in [4.78, 5) is 12.1. The maximum Gasteiger partial charge on any atom is 0.223 e. The summed E-state index contributed by atoms with van der Waals surface area (Å²) in [5.41, 5.74) is 2.38. The summed E-state index contributed by atoms with van der Waals surface area (Å²) in [7, 11) is 1.81. The van der Waals surface area contributed by atoms with Gasteiger partial charge in [-0.3, -0.25) is 9.89 Å². The normalized spacial score (nSPS) is 17.0. The van der Waals surface area contributed by atoms with Gasteiger partial charge in [0.2, 0.25) is 5.91 Å². The van der Waals surface area contributed by atoms with Gasteiger partial charge in [-0.05, 0) is 29.8 Å². The highest BCUT2D eigenvalue weighted by Gasteiger charge is 2.23. The number of rotatable bonds is 4. The molecule has 0 bridgehead atoms. The van der Waals surface area contributed by atoms with Gasteiger partial charge in [0.1, 0.15) is 0 Å². The number of hydrogen-bond donors (Lipinski definition) is 2. The van der Waals surface area contributed by atoms with E-state index in [-0.39, 0.29) is 12.0 Å². The molecule has 7 heteroatoms. The van der Waals surface area contributed by atoms with Gasteiger partial charge in [-0.15, -0.1) is 0 Å². The number of carbonyl (C=O) groups is 1. The number of H-pyrrole nitrogens is 1. The maximum absolute atomic E-state index is 12.1. The molecule has 0 radical (unpaired) electrons. The zero-order valence-electron chi connectivity index (χ0n) is 12.3. The minimum atomic E-state index is -0.174. The van der Waals surface area contributed by atoms with Crippen LogP contribution in [-0.2, 0) is 29.5 Å². The van der Waals surface area contributed by atoms with Gasteiger partial charge in [0, 0.05) is 7.05 Å². The van der Waals surface area contributed by atoms with Crippen molar-refractivity contribution < 1.29 is 9.53 Å². The highest BCUT2D eigenvalue weighted by Crippen LogP contribution is 2.29. The minimum Gasteiger partial charge on any atom is -0.373 e. The van der Waals surface area contributed by atoms with E-state index < -0.39 is 0 Å². The molecule has 0 saturated heterocycles. The summed E-state index contributed by atoms with van der Waals surface area (Å²) in [5, 5.41) is 9.63. The van der Waals surface area contributed by atoms with Crippen LogP contribution in [0.15, 0.2) is 24.3 Å². The summed E-state index contributed by atoms with van der Waals surface area (Å²) in [6.07, 6.45) is 1.04. The fourth-order valence-corrected chi connectivity index (χ4v) is 2.75. The van der Waals surface area contributed by atoms with E-state index in [1.807, 2.05) is 25.2 Å². The summed E-state index contributed by atoms with van der Waals surface area (Å²) >= 11 is 5.04. The zero-order valence-corrected chi connectivity index (χ0v) is 13.2. The fraction of sp³-hybridized carbons (Fsp3) is 0.400. The zero-order chi connectivity index (χ0) is 15.5. The van der Waals surface area contributed by atoms with Crippen LogP contribution in [-0.4, -0.2) is 27.3 Å². The average molecular weight is 318 g/mol. The molecule has 0 saturated carbocycles. The van der Waals surface area contributed by atoms with Gasteiger partial charge in [0.25, 0.3) is 0 Å². The van der Waals surface area contributed by atoms with E-state index in [9.17, 15) is 4.79 Å². The van der Waals surface area contributed by atoms with Crippen LogP contribution in [0, 0.1) is 4.77 Å². The summed E-state index contributed by atoms with van der Waals surface area (Å²) < 4.78 is 8.02. The van der Waals surface area contributed by atoms with Gasteiger partial charge in [0.15, 0.2) is 10.6 Å². The highest BCUT2D eigenvalue weighted by atomic mass is 32.1. The van der Waals surface area contributed by atoms with Crippen LogP contribution in [0.25, 0.3) is 0 Å². The summed E-state index contributed by atoms with van der Waals surface area (Å²) in [6, 6.07) is 8.12. The molecule has 2 heterocycles. The first-order valence-electron chi connectivity index (χ1n) is 7.21. The molecule has 1 aliphatic heterocycles. The van der Waals surface area contributed by atoms with Gasteiger partial charge < -0.3 is 14.6 Å². The molecule has 0 aliphatic carbocycles. The predicted octanol–water partition coefficient (Wildman–Crippen LogP) is 1.80. The van der Waals surface area contributed by atoms with Crippen molar-refractivity contribution in [2.75, 3.05) is 6.61 Å². The van der Waals surface area contributed by atoms with Gasteiger partial charge in [-0.1, -0.05) is 24.3 Å². The largest absolute Gasteiger partial charge is 0.373 e. The number of nitrogens with zero attached hydrogens (tertiary/aromatic N) is 2. The van der Waals surface area contributed by atoms with E-state index in [0.717, 1.165) is 12.0 Å². The van der Waals surface area contributed by atoms with E-state index in [1.165, 1.54) is 5.56 Å². The smallest absolute Gasteiger partial charge is 0.223 e. The second-order valence-corrected chi connectivity index (χ2v) is 5.68. The van der Waals surface area contributed by atoms with Crippen LogP contribution in [0.4, 0.5) is 0 Å². The summed E-state index contributed by atoms with van der Waals surface area (Å²) in [6.45, 7) is 0.999. The minimum absolute atomic E-state index is 0.0596. The van der Waals surface area contributed by atoms with Crippen LogP contribution in [0.3, 0.4) is 0 Å². The molecule has 22 heavy (non-hydrogen) atoms. The Kier molecular flexibility index (Phi) is 4.35. The van der Waals surface area contributed by atoms with Crippen molar-refractivity contribution in [1.82, 2.24) is 20.1 Å². The number of hydrogen-bond acceptors (Lipinski definition) is 4. The third kappa shape index (κ3) is 3.10. The third-order valence-corrected chi connectivity index (χ3v) is 4.24. The van der Waals surface area contributed by atoms with E-state index in [2.05, 4.69) is 21.6 Å². The van der Waals surface area contributed by atoms with Crippen LogP contribution >= 0.6 is 12.2 Å². The number of amides is 1. The second kappa shape index (κ2) is 6.41. The molecule has 1 aliphatic rings. The number of aromatic amines is 1. The highest BCUT2D eigenvalue weighted by molar-refractivity contribution is 7.71. The Morgan fingerprint density at radius 2 is 2.36 bits per heavy atom. The molecule has 0 fully saturated rings. The molecule has 1 atom stereocenters. The fourth-order valence-electron chi connectivity index (χ4n) is 2.60. The molecule has 116 valence electrons. The number of nitrogens with one attached hydrogen (secondary N) is 2. The summed E-state index contributed by atoms with van der Waals surface area (Å²) in [5.74, 6) is 0.638. The van der Waals surface area contributed by atoms with Gasteiger partial charge in [0.05, 0.1) is 25.7 Å². The Morgan fingerprint density at radius 3 is 3.14 bits per heavy atom. The lowest BCUT2D eigenvalue weighted by Crippen LogP contribution is -2.28. The lowest BCUT2D eigenvalue weighted by molar-refractivity contribution is -0.124. The number of aromatic nitrogens is 3. The number of fused-ring (bicyclic) bond motifs is 1. The lowest BCUT2D eigenvalue weighted by Gasteiger charge is -2.25. The number of carbonyl (C=O) groups excluding carboxylic acids is 1. The van der Waals surface area contributed by atoms with Crippen molar-refractivity contribution in [3.8, 4) is 0 Å². The van der Waals surface area contributed by atoms with E-state index >= 15 is 0 Å². The van der Waals surface area contributed by atoms with Crippen molar-refractivity contribution in [3.05, 3.63) is 46.0 Å². The second-order valence-electron chi connectivity index (χ2n) is 5.29. The lowest BCUT2D eigenvalue weighted by atomic mass is 9.96. The molecule has 3 rings (SSSR count). The maximum atomic E-state index is 12.1. The topological polar surface area (TPSA) is 71.9 Å². The van der Waals surface area contributed by atoms with Crippen LogP contribution in [0.5, 0.6) is 0 Å². The van der Waals surface area contributed by atoms with Crippen LogP contribution in [0.1, 0.15) is 29.5 Å². The molecule has 1 aromatic heterocycles. The predicted molar refractivity (Wildman–Crippen MR) is 83.7 cm³/mol. The van der Waals surface area contributed by atoms with Crippen molar-refractivity contribution in [2.24, 2.45) is 7.05 Å². The van der Waals surface area contributed by atoms with Gasteiger partial charge >= 0.3 is 0 Å². The monoisotopic (exact) mass is 318 g/mol.